The van der Waals surface area contributed by atoms with Crippen LogP contribution in [0.15, 0.2) is 53.5 Å². The van der Waals surface area contributed by atoms with Gasteiger partial charge in [0.25, 0.3) is 0 Å². The molecule has 0 bridgehead atoms. The summed E-state index contributed by atoms with van der Waals surface area (Å²) < 4.78 is 5.49. The Morgan fingerprint density at radius 3 is 2.41 bits per heavy atom. The molecule has 1 fully saturated rings. The number of nitrogens with zero attached hydrogens (tertiary/aromatic N) is 2. The topological polar surface area (TPSA) is 69.1 Å². The van der Waals surface area contributed by atoms with Crippen LogP contribution in [0.1, 0.15) is 50.5 Å². The van der Waals surface area contributed by atoms with Gasteiger partial charge in [-0.15, -0.1) is 0 Å². The van der Waals surface area contributed by atoms with Crippen molar-refractivity contribution >= 4 is 11.6 Å². The fourth-order valence-electron chi connectivity index (χ4n) is 3.78. The van der Waals surface area contributed by atoms with Crippen molar-refractivity contribution in [3.8, 4) is 0 Å². The van der Waals surface area contributed by atoms with Gasteiger partial charge >= 0.3 is 0 Å². The zero-order chi connectivity index (χ0) is 23.0. The van der Waals surface area contributed by atoms with Crippen LogP contribution in [0.25, 0.3) is 0 Å². The van der Waals surface area contributed by atoms with Crippen LogP contribution in [0.2, 0.25) is 0 Å². The number of aliphatic hydroxyl groups excluding tert-OH is 1. The highest BCUT2D eigenvalue weighted by Gasteiger charge is 2.16. The second-order valence-corrected chi connectivity index (χ2v) is 9.19. The summed E-state index contributed by atoms with van der Waals surface area (Å²) in [4.78, 5) is 7.14. The first-order valence-corrected chi connectivity index (χ1v) is 11.6. The number of ether oxygens (including phenoxy) is 1. The molecule has 6 nitrogen and oxygen atoms in total. The van der Waals surface area contributed by atoms with Crippen molar-refractivity contribution in [2.75, 3.05) is 44.3 Å². The number of para-hydroxylation sites is 1. The molecule has 3 N–H and O–H groups in total. The maximum atomic E-state index is 10.7. The van der Waals surface area contributed by atoms with E-state index in [2.05, 4.69) is 72.7 Å². The summed E-state index contributed by atoms with van der Waals surface area (Å²) in [6.45, 7) is 13.7. The predicted octanol–water partition coefficient (Wildman–Crippen LogP) is 3.61. The van der Waals surface area contributed by atoms with Gasteiger partial charge in [0.2, 0.25) is 0 Å². The molecule has 2 aromatic rings. The van der Waals surface area contributed by atoms with Gasteiger partial charge in [0, 0.05) is 31.9 Å². The Bertz CT molecular complexity index is 868. The number of hydrogen-bond acceptors (Lipinski definition) is 4. The Morgan fingerprint density at radius 1 is 1.06 bits per heavy atom. The molecule has 0 aliphatic carbocycles. The predicted molar refractivity (Wildman–Crippen MR) is 132 cm³/mol. The minimum absolute atomic E-state index is 0.101. The SMILES string of the molecule is CCNC(=NCc1ccccc1N1CCOCC1)NCC(O)c1ccc(C(C)(C)C)cc1. The van der Waals surface area contributed by atoms with Crippen molar-refractivity contribution in [1.29, 1.82) is 0 Å². The fourth-order valence-corrected chi connectivity index (χ4v) is 3.78. The van der Waals surface area contributed by atoms with Gasteiger partial charge in [0.15, 0.2) is 5.96 Å². The molecule has 0 saturated carbocycles. The number of nitrogens with one attached hydrogen (secondary N) is 2. The van der Waals surface area contributed by atoms with E-state index >= 15 is 0 Å². The standard InChI is InChI=1S/C26H38N4O2/c1-5-27-25(29-19-24(31)20-10-12-22(13-11-20)26(2,3)4)28-18-21-8-6-7-9-23(21)30-14-16-32-17-15-30/h6-13,24,31H,5,14-19H2,1-4H3,(H2,27,28,29). The van der Waals surface area contributed by atoms with E-state index in [0.717, 1.165) is 38.4 Å². The lowest BCUT2D eigenvalue weighted by Crippen LogP contribution is -2.39. The largest absolute Gasteiger partial charge is 0.387 e. The van der Waals surface area contributed by atoms with Crippen LogP contribution in [0.5, 0.6) is 0 Å². The molecule has 3 rings (SSSR count). The molecule has 1 aliphatic heterocycles. The van der Waals surface area contributed by atoms with Crippen LogP contribution in [-0.2, 0) is 16.7 Å². The van der Waals surface area contributed by atoms with Crippen LogP contribution in [0.3, 0.4) is 0 Å². The van der Waals surface area contributed by atoms with Crippen molar-refractivity contribution in [3.63, 3.8) is 0 Å². The molecule has 0 spiro atoms. The number of morpholine rings is 1. The Balaban J connectivity index is 1.63. The fraction of sp³-hybridized carbons (Fsp3) is 0.500. The lowest BCUT2D eigenvalue weighted by Gasteiger charge is -2.30. The van der Waals surface area contributed by atoms with Crippen LogP contribution in [0, 0.1) is 0 Å². The van der Waals surface area contributed by atoms with E-state index in [9.17, 15) is 5.11 Å². The quantitative estimate of drug-likeness (QED) is 0.455. The van der Waals surface area contributed by atoms with Crippen molar-refractivity contribution in [2.45, 2.75) is 45.8 Å². The van der Waals surface area contributed by atoms with Gasteiger partial charge in [-0.2, -0.15) is 0 Å². The Kier molecular flexibility index (Phi) is 8.53. The molecule has 0 aromatic heterocycles. The smallest absolute Gasteiger partial charge is 0.191 e. The molecule has 2 aromatic carbocycles. The van der Waals surface area contributed by atoms with Gasteiger partial charge in [-0.1, -0.05) is 63.2 Å². The van der Waals surface area contributed by atoms with Crippen molar-refractivity contribution < 1.29 is 9.84 Å². The van der Waals surface area contributed by atoms with E-state index in [4.69, 9.17) is 9.73 Å². The first-order chi connectivity index (χ1) is 15.4. The first-order valence-electron chi connectivity index (χ1n) is 11.6. The second-order valence-electron chi connectivity index (χ2n) is 9.19. The lowest BCUT2D eigenvalue weighted by molar-refractivity contribution is 0.122. The molecular weight excluding hydrogens is 400 g/mol. The maximum Gasteiger partial charge on any atom is 0.191 e. The highest BCUT2D eigenvalue weighted by molar-refractivity contribution is 5.80. The van der Waals surface area contributed by atoms with Gasteiger partial charge < -0.3 is 25.4 Å². The van der Waals surface area contributed by atoms with Gasteiger partial charge in [0.1, 0.15) is 0 Å². The number of guanidine groups is 1. The normalized spacial score (nSPS) is 16.0. The lowest BCUT2D eigenvalue weighted by atomic mass is 9.86. The molecule has 174 valence electrons. The van der Waals surface area contributed by atoms with Crippen LogP contribution in [-0.4, -0.2) is 50.5 Å². The van der Waals surface area contributed by atoms with E-state index in [1.807, 2.05) is 19.1 Å². The summed E-state index contributed by atoms with van der Waals surface area (Å²) in [5, 5.41) is 17.2. The summed E-state index contributed by atoms with van der Waals surface area (Å²) in [5.74, 6) is 0.703. The molecule has 1 unspecified atom stereocenters. The highest BCUT2D eigenvalue weighted by Crippen LogP contribution is 2.24. The number of hydrogen-bond donors (Lipinski definition) is 3. The maximum absolute atomic E-state index is 10.7. The average Bonchev–Trinajstić information content (AvgIpc) is 2.81. The molecule has 1 atom stereocenters. The summed E-state index contributed by atoms with van der Waals surface area (Å²) in [6, 6.07) is 16.6. The van der Waals surface area contributed by atoms with E-state index in [1.54, 1.807) is 0 Å². The van der Waals surface area contributed by atoms with Gasteiger partial charge in [-0.25, -0.2) is 4.99 Å². The average molecular weight is 439 g/mol. The number of anilines is 1. The highest BCUT2D eigenvalue weighted by atomic mass is 16.5. The number of aliphatic hydroxyl groups is 1. The van der Waals surface area contributed by atoms with Crippen molar-refractivity contribution in [1.82, 2.24) is 10.6 Å². The Morgan fingerprint density at radius 2 is 1.75 bits per heavy atom. The number of rotatable bonds is 7. The van der Waals surface area contributed by atoms with Gasteiger partial charge in [-0.05, 0) is 35.1 Å². The monoisotopic (exact) mass is 438 g/mol. The molecule has 1 heterocycles. The zero-order valence-electron chi connectivity index (χ0n) is 19.9. The summed E-state index contributed by atoms with van der Waals surface area (Å²) >= 11 is 0. The zero-order valence-corrected chi connectivity index (χ0v) is 19.9. The summed E-state index contributed by atoms with van der Waals surface area (Å²) in [6.07, 6.45) is -0.603. The first kappa shape index (κ1) is 24.1. The molecular formula is C26H38N4O2. The molecule has 0 amide bonds. The van der Waals surface area contributed by atoms with E-state index < -0.39 is 6.10 Å². The third kappa shape index (κ3) is 6.71. The summed E-state index contributed by atoms with van der Waals surface area (Å²) in [7, 11) is 0. The van der Waals surface area contributed by atoms with E-state index in [1.165, 1.54) is 16.8 Å². The van der Waals surface area contributed by atoms with Crippen LogP contribution in [0.4, 0.5) is 5.69 Å². The van der Waals surface area contributed by atoms with Crippen LogP contribution >= 0.6 is 0 Å². The third-order valence-electron chi connectivity index (χ3n) is 5.72. The summed E-state index contributed by atoms with van der Waals surface area (Å²) in [5.41, 5.74) is 4.66. The van der Waals surface area contributed by atoms with Gasteiger partial charge in [0.05, 0.1) is 25.9 Å². The van der Waals surface area contributed by atoms with E-state index in [0.29, 0.717) is 19.0 Å². The number of benzene rings is 2. The number of aliphatic imine (C=N–C) groups is 1. The second kappa shape index (κ2) is 11.3. The van der Waals surface area contributed by atoms with E-state index in [-0.39, 0.29) is 5.41 Å². The third-order valence-corrected chi connectivity index (χ3v) is 5.72. The van der Waals surface area contributed by atoms with Crippen molar-refractivity contribution in [3.05, 3.63) is 65.2 Å². The molecule has 1 aliphatic rings. The molecule has 0 radical (unpaired) electrons. The molecule has 32 heavy (non-hydrogen) atoms. The Labute approximate surface area is 192 Å². The minimum atomic E-state index is -0.603. The van der Waals surface area contributed by atoms with Gasteiger partial charge in [-0.3, -0.25) is 0 Å². The van der Waals surface area contributed by atoms with Crippen LogP contribution < -0.4 is 15.5 Å². The van der Waals surface area contributed by atoms with Crippen molar-refractivity contribution in [2.24, 2.45) is 4.99 Å². The Hall–Kier alpha value is -2.57. The molecule has 6 heteroatoms. The minimum Gasteiger partial charge on any atom is -0.387 e. The molecule has 1 saturated heterocycles.